The van der Waals surface area contributed by atoms with Crippen LogP contribution in [0.5, 0.6) is 0 Å². The zero-order chi connectivity index (χ0) is 12.9. The Balaban J connectivity index is 2.94. The minimum Gasteiger partial charge on any atom is -0.481 e. The fourth-order valence-electron chi connectivity index (χ4n) is 1.75. The van der Waals surface area contributed by atoms with Crippen molar-refractivity contribution in [2.75, 3.05) is 6.61 Å². The second-order valence-corrected chi connectivity index (χ2v) is 3.72. The first-order valence-electron chi connectivity index (χ1n) is 5.76. The molecule has 0 bridgehead atoms. The van der Waals surface area contributed by atoms with Crippen LogP contribution in [-0.4, -0.2) is 27.8 Å². The number of hydrogen-bond acceptors (Lipinski definition) is 5. The number of aromatic nitrogens is 2. The van der Waals surface area contributed by atoms with Crippen LogP contribution in [0, 0.1) is 0 Å². The molecular formula is C11H18N2O4. The van der Waals surface area contributed by atoms with Crippen molar-refractivity contribution >= 4 is 5.97 Å². The maximum Gasteiger partial charge on any atom is 0.312 e. The normalized spacial score (nSPS) is 11.7. The van der Waals surface area contributed by atoms with E-state index in [2.05, 4.69) is 10.1 Å². The molecule has 0 fully saturated rings. The van der Waals surface area contributed by atoms with E-state index in [0.717, 1.165) is 0 Å². The smallest absolute Gasteiger partial charge is 0.312 e. The second kappa shape index (κ2) is 5.77. The number of rotatable bonds is 7. The van der Waals surface area contributed by atoms with Crippen LogP contribution in [0.15, 0.2) is 4.52 Å². The molecule has 0 unspecified atom stereocenters. The van der Waals surface area contributed by atoms with Crippen molar-refractivity contribution in [2.24, 2.45) is 0 Å². The molecular weight excluding hydrogens is 224 g/mol. The van der Waals surface area contributed by atoms with Gasteiger partial charge in [0.1, 0.15) is 12.0 Å². The van der Waals surface area contributed by atoms with Crippen molar-refractivity contribution in [1.29, 1.82) is 0 Å². The van der Waals surface area contributed by atoms with Gasteiger partial charge in [0, 0.05) is 6.61 Å². The number of carboxylic acids is 1. The summed E-state index contributed by atoms with van der Waals surface area (Å²) < 4.78 is 10.6. The van der Waals surface area contributed by atoms with Gasteiger partial charge in [0.2, 0.25) is 11.7 Å². The van der Waals surface area contributed by atoms with Gasteiger partial charge >= 0.3 is 5.97 Å². The van der Waals surface area contributed by atoms with Gasteiger partial charge in [-0.15, -0.1) is 0 Å². The highest BCUT2D eigenvalue weighted by atomic mass is 16.5. The Kier molecular flexibility index (Phi) is 4.62. The van der Waals surface area contributed by atoms with E-state index in [1.165, 1.54) is 0 Å². The fourth-order valence-corrected chi connectivity index (χ4v) is 1.75. The first kappa shape index (κ1) is 13.6. The molecule has 17 heavy (non-hydrogen) atoms. The Morgan fingerprint density at radius 3 is 2.53 bits per heavy atom. The molecule has 0 aliphatic carbocycles. The minimum atomic E-state index is -0.991. The molecule has 1 N–H and O–H groups in total. The van der Waals surface area contributed by atoms with Gasteiger partial charge < -0.3 is 14.4 Å². The Bertz CT molecular complexity index is 371. The molecule has 0 aliphatic heterocycles. The van der Waals surface area contributed by atoms with E-state index in [-0.39, 0.29) is 12.3 Å². The van der Waals surface area contributed by atoms with Crippen molar-refractivity contribution < 1.29 is 19.2 Å². The third-order valence-electron chi connectivity index (χ3n) is 2.74. The van der Waals surface area contributed by atoms with Gasteiger partial charge in [0.15, 0.2) is 0 Å². The van der Waals surface area contributed by atoms with E-state index in [4.69, 9.17) is 14.4 Å². The largest absolute Gasteiger partial charge is 0.481 e. The van der Waals surface area contributed by atoms with Crippen LogP contribution in [0.4, 0.5) is 0 Å². The SMILES string of the molecule is CCOC(CC)(CC)c1noc(CC(=O)O)n1. The average Bonchev–Trinajstić information content (AvgIpc) is 2.74. The molecule has 0 radical (unpaired) electrons. The zero-order valence-corrected chi connectivity index (χ0v) is 10.4. The number of ether oxygens (including phenoxy) is 1. The quantitative estimate of drug-likeness (QED) is 0.784. The van der Waals surface area contributed by atoms with Crippen molar-refractivity contribution in [3.05, 3.63) is 11.7 Å². The molecule has 6 nitrogen and oxygen atoms in total. The summed E-state index contributed by atoms with van der Waals surface area (Å²) in [5.74, 6) is -0.450. The fraction of sp³-hybridized carbons (Fsp3) is 0.727. The number of hydrogen-bond donors (Lipinski definition) is 1. The van der Waals surface area contributed by atoms with Crippen LogP contribution in [-0.2, 0) is 21.6 Å². The summed E-state index contributed by atoms with van der Waals surface area (Å²) in [6.07, 6.45) is 1.16. The molecule has 0 amide bonds. The zero-order valence-electron chi connectivity index (χ0n) is 10.4. The molecule has 0 spiro atoms. The van der Waals surface area contributed by atoms with E-state index in [9.17, 15) is 4.79 Å². The lowest BCUT2D eigenvalue weighted by atomic mass is 9.96. The maximum absolute atomic E-state index is 10.5. The van der Waals surface area contributed by atoms with Gasteiger partial charge in [-0.2, -0.15) is 4.98 Å². The Morgan fingerprint density at radius 2 is 2.06 bits per heavy atom. The van der Waals surface area contributed by atoms with Gasteiger partial charge in [-0.05, 0) is 19.8 Å². The standard InChI is InChI=1S/C11H18N2O4/c1-4-11(5-2,16-6-3)10-12-8(17-13-10)7-9(14)15/h4-7H2,1-3H3,(H,14,15). The highest BCUT2D eigenvalue weighted by molar-refractivity contribution is 5.68. The first-order chi connectivity index (χ1) is 8.07. The Hall–Kier alpha value is -1.43. The third-order valence-corrected chi connectivity index (χ3v) is 2.74. The third kappa shape index (κ3) is 3.03. The van der Waals surface area contributed by atoms with Gasteiger partial charge in [-0.3, -0.25) is 4.79 Å². The predicted octanol–water partition coefficient (Wildman–Crippen LogP) is 1.75. The summed E-state index contributed by atoms with van der Waals surface area (Å²) in [7, 11) is 0. The predicted molar refractivity (Wildman–Crippen MR) is 59.5 cm³/mol. The van der Waals surface area contributed by atoms with E-state index >= 15 is 0 Å². The second-order valence-electron chi connectivity index (χ2n) is 3.72. The first-order valence-corrected chi connectivity index (χ1v) is 5.76. The molecule has 1 rings (SSSR count). The van der Waals surface area contributed by atoms with Crippen LogP contribution >= 0.6 is 0 Å². The number of nitrogens with zero attached hydrogens (tertiary/aromatic N) is 2. The average molecular weight is 242 g/mol. The Labute approximate surface area is 100.0 Å². The van der Waals surface area contributed by atoms with E-state index in [1.807, 2.05) is 20.8 Å². The topological polar surface area (TPSA) is 85.5 Å². The summed E-state index contributed by atoms with van der Waals surface area (Å²) >= 11 is 0. The molecule has 1 heterocycles. The summed E-state index contributed by atoms with van der Waals surface area (Å²) in [6, 6.07) is 0. The molecule has 1 aromatic rings. The number of carboxylic acid groups (broad SMARTS) is 1. The van der Waals surface area contributed by atoms with Crippen LogP contribution in [0.25, 0.3) is 0 Å². The molecule has 0 aromatic carbocycles. The van der Waals surface area contributed by atoms with E-state index in [1.54, 1.807) is 0 Å². The summed E-state index contributed by atoms with van der Waals surface area (Å²) in [5, 5.41) is 12.5. The molecule has 0 atom stereocenters. The van der Waals surface area contributed by atoms with E-state index < -0.39 is 11.6 Å². The molecule has 0 saturated heterocycles. The summed E-state index contributed by atoms with van der Waals surface area (Å²) in [6.45, 7) is 6.40. The van der Waals surface area contributed by atoms with Crippen molar-refractivity contribution in [1.82, 2.24) is 10.1 Å². The lowest BCUT2D eigenvalue weighted by Gasteiger charge is -2.27. The minimum absolute atomic E-state index is 0.110. The van der Waals surface area contributed by atoms with Gasteiger partial charge in [-0.1, -0.05) is 19.0 Å². The highest BCUT2D eigenvalue weighted by Gasteiger charge is 2.34. The van der Waals surface area contributed by atoms with Crippen molar-refractivity contribution in [3.63, 3.8) is 0 Å². The lowest BCUT2D eigenvalue weighted by molar-refractivity contribution is -0.136. The summed E-state index contributed by atoms with van der Waals surface area (Å²) in [4.78, 5) is 14.6. The van der Waals surface area contributed by atoms with Crippen LogP contribution in [0.3, 0.4) is 0 Å². The number of aliphatic carboxylic acids is 1. The van der Waals surface area contributed by atoms with Gasteiger partial charge in [0.05, 0.1) is 0 Å². The van der Waals surface area contributed by atoms with Gasteiger partial charge in [-0.25, -0.2) is 0 Å². The van der Waals surface area contributed by atoms with Crippen LogP contribution < -0.4 is 0 Å². The molecule has 0 aliphatic rings. The molecule has 6 heteroatoms. The molecule has 0 saturated carbocycles. The highest BCUT2D eigenvalue weighted by Crippen LogP contribution is 2.30. The molecule has 1 aromatic heterocycles. The number of carbonyl (C=O) groups is 1. The summed E-state index contributed by atoms with van der Waals surface area (Å²) in [5.41, 5.74) is -0.574. The van der Waals surface area contributed by atoms with Crippen LogP contribution in [0.1, 0.15) is 45.3 Å². The van der Waals surface area contributed by atoms with Crippen molar-refractivity contribution in [3.8, 4) is 0 Å². The monoisotopic (exact) mass is 242 g/mol. The lowest BCUT2D eigenvalue weighted by Crippen LogP contribution is -2.29. The molecule has 96 valence electrons. The van der Waals surface area contributed by atoms with Gasteiger partial charge in [0.25, 0.3) is 0 Å². The van der Waals surface area contributed by atoms with Crippen LogP contribution in [0.2, 0.25) is 0 Å². The van der Waals surface area contributed by atoms with Crippen molar-refractivity contribution in [2.45, 2.75) is 45.6 Å². The Morgan fingerprint density at radius 1 is 1.41 bits per heavy atom. The maximum atomic E-state index is 10.5. The van der Waals surface area contributed by atoms with E-state index in [0.29, 0.717) is 25.3 Å².